The zero-order valence-electron chi connectivity index (χ0n) is 9.12. The first-order valence-electron chi connectivity index (χ1n) is 5.02. The van der Waals surface area contributed by atoms with Gasteiger partial charge in [-0.15, -0.1) is 0 Å². The summed E-state index contributed by atoms with van der Waals surface area (Å²) in [6.45, 7) is 2.18. The number of nitrogens with one attached hydrogen (secondary N) is 2. The summed E-state index contributed by atoms with van der Waals surface area (Å²) in [6.07, 6.45) is 1.06. The van der Waals surface area contributed by atoms with Gasteiger partial charge in [-0.25, -0.2) is 10.9 Å². The molecule has 0 saturated heterocycles. The van der Waals surface area contributed by atoms with Crippen LogP contribution in [0.2, 0.25) is 0 Å². The molecule has 1 aromatic rings. The number of benzene rings is 1. The summed E-state index contributed by atoms with van der Waals surface area (Å²) in [5.41, 5.74) is 7.57. The fourth-order valence-electron chi connectivity index (χ4n) is 1.67. The molecule has 14 heavy (non-hydrogen) atoms. The summed E-state index contributed by atoms with van der Waals surface area (Å²) >= 11 is 0. The Bertz CT molecular complexity index is 244. The molecule has 0 aliphatic carbocycles. The molecule has 0 spiro atoms. The first kappa shape index (κ1) is 11.2. The van der Waals surface area contributed by atoms with Crippen molar-refractivity contribution < 1.29 is 0 Å². The summed E-state index contributed by atoms with van der Waals surface area (Å²) in [6, 6.07) is 10.8. The van der Waals surface area contributed by atoms with Crippen molar-refractivity contribution in [2.45, 2.75) is 19.4 Å². The van der Waals surface area contributed by atoms with Gasteiger partial charge < -0.3 is 0 Å². The molecule has 0 heterocycles. The lowest BCUT2D eigenvalue weighted by Crippen LogP contribution is -2.46. The average molecular weight is 193 g/mol. The largest absolute Gasteiger partial charge is 0.244 e. The fourth-order valence-corrected chi connectivity index (χ4v) is 1.67. The third kappa shape index (κ3) is 2.54. The topological polar surface area (TPSA) is 27.3 Å². The Morgan fingerprint density at radius 3 is 2.14 bits per heavy atom. The first-order valence-corrected chi connectivity index (χ1v) is 5.02. The van der Waals surface area contributed by atoms with Gasteiger partial charge in [-0.2, -0.15) is 5.12 Å². The number of hydrogen-bond acceptors (Lipinski definition) is 3. The van der Waals surface area contributed by atoms with Gasteiger partial charge in [0.1, 0.15) is 0 Å². The molecule has 1 rings (SSSR count). The van der Waals surface area contributed by atoms with Gasteiger partial charge in [0.25, 0.3) is 0 Å². The van der Waals surface area contributed by atoms with Gasteiger partial charge in [0, 0.05) is 14.1 Å². The predicted octanol–water partition coefficient (Wildman–Crippen LogP) is 1.71. The molecule has 3 nitrogen and oxygen atoms in total. The van der Waals surface area contributed by atoms with Gasteiger partial charge in [-0.3, -0.25) is 0 Å². The average Bonchev–Trinajstić information content (AvgIpc) is 2.27. The molecule has 0 saturated carbocycles. The maximum atomic E-state index is 3.12. The summed E-state index contributed by atoms with van der Waals surface area (Å²) in [5, 5.41) is 2.01. The fraction of sp³-hybridized carbons (Fsp3) is 0.455. The number of nitrogens with zero attached hydrogens (tertiary/aromatic N) is 1. The Hall–Kier alpha value is -0.900. The van der Waals surface area contributed by atoms with Gasteiger partial charge in [0.15, 0.2) is 0 Å². The minimum atomic E-state index is 0.367. The van der Waals surface area contributed by atoms with E-state index in [2.05, 4.69) is 42.0 Å². The molecule has 0 fully saturated rings. The molecule has 0 aliphatic rings. The molecule has 0 amide bonds. The molecular weight excluding hydrogens is 174 g/mol. The zero-order chi connectivity index (χ0) is 10.4. The second kappa shape index (κ2) is 5.75. The summed E-state index contributed by atoms with van der Waals surface area (Å²) in [7, 11) is 3.84. The Kier molecular flexibility index (Phi) is 4.59. The van der Waals surface area contributed by atoms with Gasteiger partial charge in [0.2, 0.25) is 0 Å². The Morgan fingerprint density at radius 2 is 1.71 bits per heavy atom. The Balaban J connectivity index is 2.81. The third-order valence-corrected chi connectivity index (χ3v) is 2.36. The lowest BCUT2D eigenvalue weighted by atomic mass is 10.1. The third-order valence-electron chi connectivity index (χ3n) is 2.36. The molecule has 2 N–H and O–H groups in total. The SMILES string of the molecule is CCC(c1ccccc1)N(NC)NC. The number of hydrazine groups is 2. The quantitative estimate of drug-likeness (QED) is 0.697. The minimum absolute atomic E-state index is 0.367. The van der Waals surface area contributed by atoms with E-state index in [4.69, 9.17) is 0 Å². The van der Waals surface area contributed by atoms with Crippen LogP contribution >= 0.6 is 0 Å². The van der Waals surface area contributed by atoms with Crippen LogP contribution in [0.4, 0.5) is 0 Å². The molecule has 0 aliphatic heterocycles. The lowest BCUT2D eigenvalue weighted by molar-refractivity contribution is 0.0796. The molecule has 1 atom stereocenters. The van der Waals surface area contributed by atoms with Crippen LogP contribution in [0.3, 0.4) is 0 Å². The molecule has 0 aromatic heterocycles. The van der Waals surface area contributed by atoms with Crippen molar-refractivity contribution in [3.05, 3.63) is 35.9 Å². The first-order chi connectivity index (χ1) is 6.83. The number of hydrogen-bond donors (Lipinski definition) is 2. The van der Waals surface area contributed by atoms with E-state index in [1.807, 2.05) is 25.3 Å². The van der Waals surface area contributed by atoms with E-state index in [0.717, 1.165) is 6.42 Å². The van der Waals surface area contributed by atoms with Crippen LogP contribution in [0.1, 0.15) is 24.9 Å². The molecular formula is C11H19N3. The maximum absolute atomic E-state index is 3.12. The van der Waals surface area contributed by atoms with Crippen molar-refractivity contribution in [3.8, 4) is 0 Å². The van der Waals surface area contributed by atoms with Crippen molar-refractivity contribution in [1.29, 1.82) is 0 Å². The summed E-state index contributed by atoms with van der Waals surface area (Å²) < 4.78 is 0. The van der Waals surface area contributed by atoms with E-state index >= 15 is 0 Å². The molecule has 0 radical (unpaired) electrons. The molecule has 78 valence electrons. The summed E-state index contributed by atoms with van der Waals surface area (Å²) in [4.78, 5) is 0. The van der Waals surface area contributed by atoms with E-state index in [1.165, 1.54) is 5.56 Å². The van der Waals surface area contributed by atoms with Gasteiger partial charge in [-0.05, 0) is 12.0 Å². The highest BCUT2D eigenvalue weighted by Gasteiger charge is 2.15. The van der Waals surface area contributed by atoms with Crippen molar-refractivity contribution in [3.63, 3.8) is 0 Å². The van der Waals surface area contributed by atoms with Gasteiger partial charge in [0.05, 0.1) is 6.04 Å². The molecule has 1 unspecified atom stereocenters. The Labute approximate surface area is 86.1 Å². The van der Waals surface area contributed by atoms with Crippen LogP contribution in [0, 0.1) is 0 Å². The van der Waals surface area contributed by atoms with Gasteiger partial charge in [-0.1, -0.05) is 37.3 Å². The van der Waals surface area contributed by atoms with Crippen molar-refractivity contribution in [2.24, 2.45) is 0 Å². The maximum Gasteiger partial charge on any atom is 0.0646 e. The van der Waals surface area contributed by atoms with E-state index in [-0.39, 0.29) is 0 Å². The van der Waals surface area contributed by atoms with Gasteiger partial charge >= 0.3 is 0 Å². The normalized spacial score (nSPS) is 13.1. The molecule has 1 aromatic carbocycles. The van der Waals surface area contributed by atoms with E-state index < -0.39 is 0 Å². The standard InChI is InChI=1S/C11H19N3/c1-4-11(14(12-2)13-3)10-8-6-5-7-9-10/h5-9,11-13H,4H2,1-3H3. The van der Waals surface area contributed by atoms with Crippen LogP contribution in [0.5, 0.6) is 0 Å². The smallest absolute Gasteiger partial charge is 0.0646 e. The van der Waals surface area contributed by atoms with Crippen molar-refractivity contribution in [1.82, 2.24) is 16.0 Å². The van der Waals surface area contributed by atoms with Crippen LogP contribution in [0.25, 0.3) is 0 Å². The Morgan fingerprint density at radius 1 is 1.14 bits per heavy atom. The second-order valence-electron chi connectivity index (χ2n) is 3.15. The highest BCUT2D eigenvalue weighted by Crippen LogP contribution is 2.20. The van der Waals surface area contributed by atoms with E-state index in [9.17, 15) is 0 Å². The van der Waals surface area contributed by atoms with Crippen molar-refractivity contribution in [2.75, 3.05) is 14.1 Å². The highest BCUT2D eigenvalue weighted by molar-refractivity contribution is 5.18. The lowest BCUT2D eigenvalue weighted by Gasteiger charge is -2.29. The van der Waals surface area contributed by atoms with E-state index in [0.29, 0.717) is 6.04 Å². The zero-order valence-corrected chi connectivity index (χ0v) is 9.12. The van der Waals surface area contributed by atoms with Crippen LogP contribution in [0.15, 0.2) is 30.3 Å². The monoisotopic (exact) mass is 193 g/mol. The minimum Gasteiger partial charge on any atom is -0.244 e. The predicted molar refractivity (Wildman–Crippen MR) is 59.4 cm³/mol. The summed E-state index contributed by atoms with van der Waals surface area (Å²) in [5.74, 6) is 0. The van der Waals surface area contributed by atoms with E-state index in [1.54, 1.807) is 0 Å². The van der Waals surface area contributed by atoms with Crippen LogP contribution in [-0.2, 0) is 0 Å². The molecule has 3 heteroatoms. The highest BCUT2D eigenvalue weighted by atomic mass is 15.7. The number of rotatable bonds is 5. The van der Waals surface area contributed by atoms with Crippen LogP contribution in [-0.4, -0.2) is 19.2 Å². The molecule has 0 bridgehead atoms. The van der Waals surface area contributed by atoms with Crippen LogP contribution < -0.4 is 10.9 Å². The second-order valence-corrected chi connectivity index (χ2v) is 3.15. The van der Waals surface area contributed by atoms with Crippen molar-refractivity contribution >= 4 is 0 Å².